The largest absolute Gasteiger partial charge is 0.483 e. The smallest absolute Gasteiger partial charge is 0.290 e. The first-order valence-electron chi connectivity index (χ1n) is 11.4. The van der Waals surface area contributed by atoms with Crippen LogP contribution < -0.4 is 0 Å². The molecule has 1 amide bonds. The molecule has 3 heterocycles. The number of pyridine rings is 1. The normalized spacial score (nSPS) is 13.8. The molecule has 180 valence electrons. The average molecular weight is 582 g/mol. The molecule has 0 bridgehead atoms. The van der Waals surface area contributed by atoms with E-state index in [0.717, 1.165) is 53.9 Å². The number of para-hydroxylation sites is 1. The molecule has 7 nitrogen and oxygen atoms in total. The zero-order chi connectivity index (χ0) is 24.6. The maximum absolute atomic E-state index is 13.1. The molecule has 5 rings (SSSR count). The van der Waals surface area contributed by atoms with Crippen molar-refractivity contribution >= 4 is 45.9 Å². The number of amides is 1. The van der Waals surface area contributed by atoms with E-state index in [4.69, 9.17) is 9.90 Å². The molecule has 0 spiro atoms. The maximum Gasteiger partial charge on any atom is 0.290 e. The first-order chi connectivity index (χ1) is 17.1. The molecule has 0 unspecified atom stereocenters. The zero-order valence-electron chi connectivity index (χ0n) is 19.2. The summed E-state index contributed by atoms with van der Waals surface area (Å²) in [5.74, 6) is 0.0772. The first-order valence-corrected chi connectivity index (χ1v) is 12.5. The third-order valence-corrected chi connectivity index (χ3v) is 7.04. The van der Waals surface area contributed by atoms with Gasteiger partial charge in [-0.3, -0.25) is 19.5 Å². The molecule has 2 N–H and O–H groups in total. The van der Waals surface area contributed by atoms with Gasteiger partial charge in [-0.1, -0.05) is 48.5 Å². The molecule has 2 aromatic heterocycles. The second-order valence-electron chi connectivity index (χ2n) is 8.35. The van der Waals surface area contributed by atoms with Crippen molar-refractivity contribution in [3.8, 4) is 0 Å². The van der Waals surface area contributed by atoms with E-state index in [2.05, 4.69) is 86.1 Å². The summed E-state index contributed by atoms with van der Waals surface area (Å²) in [6, 6.07) is 20.8. The Hall–Kier alpha value is -3.24. The lowest BCUT2D eigenvalue weighted by Crippen LogP contribution is -2.48. The van der Waals surface area contributed by atoms with E-state index >= 15 is 0 Å². The molecule has 2 aromatic carbocycles. The predicted octanol–water partition coefficient (Wildman–Crippen LogP) is 4.42. The van der Waals surface area contributed by atoms with E-state index in [0.29, 0.717) is 5.56 Å². The molecule has 0 atom stereocenters. The number of halogens is 1. The van der Waals surface area contributed by atoms with Crippen molar-refractivity contribution < 1.29 is 14.7 Å². The third-order valence-electron chi connectivity index (χ3n) is 6.11. The fourth-order valence-corrected chi connectivity index (χ4v) is 4.97. The number of carboxylic acid groups (broad SMARTS) is 1. The van der Waals surface area contributed by atoms with E-state index in [1.807, 2.05) is 23.1 Å². The number of nitrogens with one attached hydrogen (secondary N) is 1. The Morgan fingerprint density at radius 3 is 2.46 bits per heavy atom. The third kappa shape index (κ3) is 6.26. The number of aromatic amines is 1. The van der Waals surface area contributed by atoms with Gasteiger partial charge in [0.05, 0.1) is 11.3 Å². The second kappa shape index (κ2) is 11.9. The van der Waals surface area contributed by atoms with Gasteiger partial charge in [-0.2, -0.15) is 0 Å². The Kier molecular flexibility index (Phi) is 8.49. The number of rotatable bonds is 5. The summed E-state index contributed by atoms with van der Waals surface area (Å²) in [5, 5.41) is 8.11. The number of fused-ring (bicyclic) bond motifs is 1. The van der Waals surface area contributed by atoms with Crippen molar-refractivity contribution in [1.82, 2.24) is 19.8 Å². The van der Waals surface area contributed by atoms with Gasteiger partial charge in [-0.15, -0.1) is 0 Å². The number of carbonyl (C=O) groups excluding carboxylic acids is 1. The van der Waals surface area contributed by atoms with Gasteiger partial charge in [0.25, 0.3) is 12.4 Å². The van der Waals surface area contributed by atoms with E-state index in [1.165, 1.54) is 16.5 Å². The summed E-state index contributed by atoms with van der Waals surface area (Å²) in [6.07, 6.45) is 4.54. The monoisotopic (exact) mass is 582 g/mol. The summed E-state index contributed by atoms with van der Waals surface area (Å²) in [5.41, 5.74) is 5.35. The second-order valence-corrected chi connectivity index (χ2v) is 9.51. The lowest BCUT2D eigenvalue weighted by molar-refractivity contribution is -0.122. The van der Waals surface area contributed by atoms with Crippen molar-refractivity contribution in [1.29, 1.82) is 0 Å². The van der Waals surface area contributed by atoms with Crippen molar-refractivity contribution in [3.63, 3.8) is 0 Å². The molecular weight excluding hydrogens is 555 g/mol. The Balaban J connectivity index is 0.000000917. The Bertz CT molecular complexity index is 1280. The van der Waals surface area contributed by atoms with Crippen LogP contribution in [0.15, 0.2) is 73.1 Å². The van der Waals surface area contributed by atoms with Crippen LogP contribution in [0.4, 0.5) is 0 Å². The number of carbonyl (C=O) groups is 2. The predicted molar refractivity (Wildman–Crippen MR) is 144 cm³/mol. The van der Waals surface area contributed by atoms with Gasteiger partial charge in [0, 0.05) is 66.0 Å². The number of H-pyrrole nitrogens is 1. The fourth-order valence-electron chi connectivity index (χ4n) is 4.30. The van der Waals surface area contributed by atoms with Gasteiger partial charge in [0.15, 0.2) is 0 Å². The number of piperazine rings is 1. The molecule has 4 aromatic rings. The van der Waals surface area contributed by atoms with Crippen molar-refractivity contribution in [2.24, 2.45) is 0 Å². The van der Waals surface area contributed by atoms with Crippen LogP contribution in [-0.4, -0.2) is 63.4 Å². The molecule has 1 aliphatic rings. The summed E-state index contributed by atoms with van der Waals surface area (Å²) >= 11 is 2.30. The van der Waals surface area contributed by atoms with Crippen LogP contribution in [0, 0.1) is 3.57 Å². The average Bonchev–Trinajstić information content (AvgIpc) is 3.29. The number of hydrogen-bond donors (Lipinski definition) is 2. The van der Waals surface area contributed by atoms with E-state index in [-0.39, 0.29) is 12.4 Å². The summed E-state index contributed by atoms with van der Waals surface area (Å²) in [6.45, 7) is 3.97. The van der Waals surface area contributed by atoms with Gasteiger partial charge >= 0.3 is 0 Å². The fraction of sp³-hybridized carbons (Fsp3) is 0.222. The molecule has 1 saturated heterocycles. The molecule has 0 saturated carbocycles. The van der Waals surface area contributed by atoms with Gasteiger partial charge in [0.2, 0.25) is 0 Å². The first kappa shape index (κ1) is 24.9. The Labute approximate surface area is 217 Å². The van der Waals surface area contributed by atoms with Gasteiger partial charge in [-0.25, -0.2) is 0 Å². The zero-order valence-corrected chi connectivity index (χ0v) is 21.4. The highest BCUT2D eigenvalue weighted by Crippen LogP contribution is 2.23. The summed E-state index contributed by atoms with van der Waals surface area (Å²) < 4.78 is 1.03. The minimum atomic E-state index is -0.250. The molecule has 35 heavy (non-hydrogen) atoms. The Morgan fingerprint density at radius 2 is 1.74 bits per heavy atom. The molecule has 8 heteroatoms. The molecule has 0 aliphatic carbocycles. The van der Waals surface area contributed by atoms with Crippen LogP contribution in [0.3, 0.4) is 0 Å². The SMILES string of the molecule is O=C(c1cnc(Cc2c[nH]c3ccccc23)c(I)c1)N1CCN(Cc2ccccc2)CC1.O=CO. The highest BCUT2D eigenvalue weighted by molar-refractivity contribution is 14.1. The minimum absolute atomic E-state index is 0.0772. The van der Waals surface area contributed by atoms with Crippen molar-refractivity contribution in [3.05, 3.63) is 99.0 Å². The quantitative estimate of drug-likeness (QED) is 0.269. The van der Waals surface area contributed by atoms with Crippen molar-refractivity contribution in [2.45, 2.75) is 13.0 Å². The highest BCUT2D eigenvalue weighted by Gasteiger charge is 2.23. The van der Waals surface area contributed by atoms with Gasteiger partial charge < -0.3 is 15.0 Å². The van der Waals surface area contributed by atoms with E-state index in [1.54, 1.807) is 6.20 Å². The lowest BCUT2D eigenvalue weighted by Gasteiger charge is -2.34. The van der Waals surface area contributed by atoms with E-state index < -0.39 is 0 Å². The molecule has 1 aliphatic heterocycles. The van der Waals surface area contributed by atoms with E-state index in [9.17, 15) is 4.79 Å². The number of aromatic nitrogens is 2. The molecule has 0 radical (unpaired) electrons. The van der Waals surface area contributed by atoms with Crippen LogP contribution >= 0.6 is 22.6 Å². The summed E-state index contributed by atoms with van der Waals surface area (Å²) in [4.78, 5) is 33.8. The number of hydrogen-bond acceptors (Lipinski definition) is 4. The minimum Gasteiger partial charge on any atom is -0.483 e. The van der Waals surface area contributed by atoms with Crippen LogP contribution in [0.2, 0.25) is 0 Å². The molecule has 1 fully saturated rings. The number of nitrogens with zero attached hydrogens (tertiary/aromatic N) is 3. The summed E-state index contributed by atoms with van der Waals surface area (Å²) in [7, 11) is 0. The van der Waals surface area contributed by atoms with Gasteiger partial charge in [0.1, 0.15) is 0 Å². The van der Waals surface area contributed by atoms with Crippen molar-refractivity contribution in [2.75, 3.05) is 26.2 Å². The molecular formula is C27H27IN4O3. The van der Waals surface area contributed by atoms with Gasteiger partial charge in [-0.05, 0) is 45.9 Å². The van der Waals surface area contributed by atoms with Crippen LogP contribution in [0.1, 0.15) is 27.2 Å². The Morgan fingerprint density at radius 1 is 1.06 bits per heavy atom. The van der Waals surface area contributed by atoms with Crippen LogP contribution in [0.5, 0.6) is 0 Å². The standard InChI is InChI=1S/C26H25IN4O.CH2O2/c27-23-14-21(17-29-25(23)15-20-16-28-24-9-5-4-8-22(20)24)26(32)31-12-10-30(11-13-31)18-19-6-2-1-3-7-19;2-1-3/h1-9,14,16-17,28H,10-13,15,18H2;1H,(H,2,3). The maximum atomic E-state index is 13.1. The van der Waals surface area contributed by atoms with Crippen LogP contribution in [-0.2, 0) is 17.8 Å². The number of benzene rings is 2. The van der Waals surface area contributed by atoms with Crippen LogP contribution in [0.25, 0.3) is 10.9 Å². The highest BCUT2D eigenvalue weighted by atomic mass is 127. The lowest BCUT2D eigenvalue weighted by atomic mass is 10.1. The topological polar surface area (TPSA) is 89.5 Å².